The number of pyridine rings is 1. The van der Waals surface area contributed by atoms with Crippen LogP contribution in [0.5, 0.6) is 0 Å². The predicted octanol–water partition coefficient (Wildman–Crippen LogP) is 7.56. The molecule has 0 fully saturated rings. The molecule has 2 heterocycles. The first-order chi connectivity index (χ1) is 14.7. The van der Waals surface area contributed by atoms with Gasteiger partial charge in [-0.1, -0.05) is 70.2 Å². The molecule has 4 rings (SSSR count). The summed E-state index contributed by atoms with van der Waals surface area (Å²) >= 11 is 0. The second kappa shape index (κ2) is 7.84. The lowest BCUT2D eigenvalue weighted by Crippen LogP contribution is -2.04. The van der Waals surface area contributed by atoms with Gasteiger partial charge in [0.15, 0.2) is 0 Å². The number of fused-ring (bicyclic) bond motifs is 1. The Balaban J connectivity index is 1.99. The van der Waals surface area contributed by atoms with Crippen LogP contribution in [0.15, 0.2) is 54.7 Å². The summed E-state index contributed by atoms with van der Waals surface area (Å²) in [6, 6.07) is 15.1. The van der Waals surface area contributed by atoms with Gasteiger partial charge in [0.25, 0.3) is 0 Å². The van der Waals surface area contributed by atoms with E-state index >= 15 is 0 Å². The van der Waals surface area contributed by atoms with Gasteiger partial charge < -0.3 is 0 Å². The highest BCUT2D eigenvalue weighted by atomic mass is 19.4. The number of hydrogen-bond donors (Lipinski definition) is 1. The van der Waals surface area contributed by atoms with Crippen LogP contribution in [0.2, 0.25) is 0 Å². The molecule has 0 unspecified atom stereocenters. The molecule has 160 valence electrons. The van der Waals surface area contributed by atoms with E-state index in [4.69, 9.17) is 0 Å². The van der Waals surface area contributed by atoms with Crippen LogP contribution in [0.3, 0.4) is 0 Å². The highest BCUT2D eigenvalue weighted by molar-refractivity contribution is 6.03. The molecule has 4 aromatic rings. The number of aromatic amines is 1. The maximum absolute atomic E-state index is 13.1. The first-order valence-corrected chi connectivity index (χ1v) is 10.3. The summed E-state index contributed by atoms with van der Waals surface area (Å²) < 4.78 is 39.2. The first-order valence-electron chi connectivity index (χ1n) is 10.3. The average Bonchev–Trinajstić information content (AvgIpc) is 3.23. The van der Waals surface area contributed by atoms with Gasteiger partial charge in [0, 0.05) is 17.1 Å². The zero-order valence-electron chi connectivity index (χ0n) is 17.9. The molecule has 31 heavy (non-hydrogen) atoms. The van der Waals surface area contributed by atoms with E-state index in [1.165, 1.54) is 11.1 Å². The number of benzene rings is 2. The second-order valence-corrected chi connectivity index (χ2v) is 8.35. The number of nitrogens with zero attached hydrogens (tertiary/aromatic N) is 2. The van der Waals surface area contributed by atoms with Crippen LogP contribution in [0.25, 0.3) is 33.3 Å². The Morgan fingerprint density at radius 2 is 1.45 bits per heavy atom. The number of hydrogen-bond acceptors (Lipinski definition) is 2. The van der Waals surface area contributed by atoms with Gasteiger partial charge in [0.05, 0.1) is 5.69 Å². The van der Waals surface area contributed by atoms with Crippen LogP contribution in [0, 0.1) is 0 Å². The largest absolute Gasteiger partial charge is 0.432 e. The average molecular weight is 423 g/mol. The number of aromatic nitrogens is 3. The third-order valence-electron chi connectivity index (χ3n) is 5.56. The molecule has 0 spiro atoms. The molecule has 2 aromatic carbocycles. The van der Waals surface area contributed by atoms with Crippen LogP contribution >= 0.6 is 0 Å². The van der Waals surface area contributed by atoms with E-state index in [9.17, 15) is 13.2 Å². The third-order valence-corrected chi connectivity index (χ3v) is 5.56. The normalized spacial score (nSPS) is 12.3. The van der Waals surface area contributed by atoms with E-state index in [1.54, 1.807) is 6.20 Å². The molecule has 2 aromatic heterocycles. The van der Waals surface area contributed by atoms with E-state index in [0.717, 1.165) is 28.0 Å². The van der Waals surface area contributed by atoms with Crippen molar-refractivity contribution in [3.05, 3.63) is 71.5 Å². The van der Waals surface area contributed by atoms with Crippen molar-refractivity contribution in [1.29, 1.82) is 0 Å². The zero-order valence-corrected chi connectivity index (χ0v) is 17.9. The summed E-state index contributed by atoms with van der Waals surface area (Å²) in [6.45, 7) is 8.65. The van der Waals surface area contributed by atoms with Crippen LogP contribution in [-0.2, 0) is 6.18 Å². The van der Waals surface area contributed by atoms with Crippen molar-refractivity contribution in [3.8, 4) is 22.5 Å². The highest BCUT2D eigenvalue weighted by Crippen LogP contribution is 2.41. The van der Waals surface area contributed by atoms with Gasteiger partial charge in [0.1, 0.15) is 11.4 Å². The lowest BCUT2D eigenvalue weighted by molar-refractivity contribution is -0.141. The fraction of sp³-hybridized carbons (Fsp3) is 0.280. The van der Waals surface area contributed by atoms with Crippen LogP contribution < -0.4 is 0 Å². The van der Waals surface area contributed by atoms with Crippen molar-refractivity contribution in [1.82, 2.24) is 15.2 Å². The summed E-state index contributed by atoms with van der Waals surface area (Å²) in [5.41, 5.74) is 4.31. The summed E-state index contributed by atoms with van der Waals surface area (Å²) in [7, 11) is 0. The quantitative estimate of drug-likeness (QED) is 0.368. The number of alkyl halides is 3. The van der Waals surface area contributed by atoms with Crippen molar-refractivity contribution >= 4 is 10.8 Å². The molecule has 0 radical (unpaired) electrons. The minimum Gasteiger partial charge on any atom is -0.273 e. The smallest absolute Gasteiger partial charge is 0.273 e. The van der Waals surface area contributed by atoms with Crippen LogP contribution in [0.4, 0.5) is 13.2 Å². The van der Waals surface area contributed by atoms with Crippen molar-refractivity contribution in [2.24, 2.45) is 0 Å². The maximum atomic E-state index is 13.1. The van der Waals surface area contributed by atoms with Crippen LogP contribution in [0.1, 0.15) is 56.4 Å². The molecule has 0 saturated heterocycles. The third kappa shape index (κ3) is 3.82. The summed E-state index contributed by atoms with van der Waals surface area (Å²) in [4.78, 5) is 4.60. The van der Waals surface area contributed by atoms with Crippen molar-refractivity contribution in [2.45, 2.75) is 45.7 Å². The van der Waals surface area contributed by atoms with Gasteiger partial charge in [-0.15, -0.1) is 0 Å². The van der Waals surface area contributed by atoms with E-state index in [1.807, 2.05) is 24.3 Å². The molecular weight excluding hydrogens is 399 g/mol. The van der Waals surface area contributed by atoms with Gasteiger partial charge in [-0.3, -0.25) is 10.1 Å². The van der Waals surface area contributed by atoms with Crippen molar-refractivity contribution in [3.63, 3.8) is 0 Å². The van der Waals surface area contributed by atoms with E-state index in [2.05, 4.69) is 61.1 Å². The standard InChI is InChI=1S/C25H24F3N3/c1-14(2)16-10-7-11-17(15(3)4)23(16)20-13-29-24(19-9-6-5-8-18(19)20)21-12-22(31-30-21)25(26,27)28/h5-15H,1-4H3,(H,30,31). The summed E-state index contributed by atoms with van der Waals surface area (Å²) in [6.07, 6.45) is -2.71. The monoisotopic (exact) mass is 423 g/mol. The SMILES string of the molecule is CC(C)c1cccc(C(C)C)c1-c1cnc(-c2cc(C(F)(F)F)[nH]n2)c2ccccc12. The summed E-state index contributed by atoms with van der Waals surface area (Å²) in [5, 5.41) is 7.69. The lowest BCUT2D eigenvalue weighted by atomic mass is 9.84. The number of nitrogens with one attached hydrogen (secondary N) is 1. The Bertz CT molecular complexity index is 1210. The summed E-state index contributed by atoms with van der Waals surface area (Å²) in [5.74, 6) is 0.626. The maximum Gasteiger partial charge on any atom is 0.432 e. The molecule has 0 aliphatic rings. The lowest BCUT2D eigenvalue weighted by Gasteiger charge is -2.21. The molecule has 1 N–H and O–H groups in total. The molecule has 6 heteroatoms. The van der Waals surface area contributed by atoms with E-state index in [-0.39, 0.29) is 5.69 Å². The number of H-pyrrole nitrogens is 1. The van der Waals surface area contributed by atoms with Gasteiger partial charge in [-0.2, -0.15) is 18.3 Å². The minimum atomic E-state index is -4.48. The Morgan fingerprint density at radius 1 is 0.839 bits per heavy atom. The van der Waals surface area contributed by atoms with Gasteiger partial charge in [-0.05, 0) is 40.0 Å². The molecule has 0 atom stereocenters. The minimum absolute atomic E-state index is 0.177. The molecule has 0 aliphatic heterocycles. The van der Waals surface area contributed by atoms with Gasteiger partial charge >= 0.3 is 6.18 Å². The first kappa shape index (κ1) is 21.1. The Kier molecular flexibility index (Phi) is 5.33. The van der Waals surface area contributed by atoms with Gasteiger partial charge in [-0.25, -0.2) is 0 Å². The molecular formula is C25H24F3N3. The van der Waals surface area contributed by atoms with E-state index < -0.39 is 11.9 Å². The van der Waals surface area contributed by atoms with Crippen molar-refractivity contribution in [2.75, 3.05) is 0 Å². The number of halogens is 3. The number of rotatable bonds is 4. The Hall–Kier alpha value is -3.15. The molecule has 0 amide bonds. The highest BCUT2D eigenvalue weighted by Gasteiger charge is 2.33. The predicted molar refractivity (Wildman–Crippen MR) is 118 cm³/mol. The topological polar surface area (TPSA) is 41.6 Å². The fourth-order valence-electron chi connectivity index (χ4n) is 4.05. The Labute approximate surface area is 179 Å². The fourth-order valence-corrected chi connectivity index (χ4v) is 4.05. The van der Waals surface area contributed by atoms with E-state index in [0.29, 0.717) is 17.5 Å². The molecule has 0 bridgehead atoms. The van der Waals surface area contributed by atoms with Crippen LogP contribution in [-0.4, -0.2) is 15.2 Å². The molecule has 0 saturated carbocycles. The molecule has 0 aliphatic carbocycles. The second-order valence-electron chi connectivity index (χ2n) is 8.35. The van der Waals surface area contributed by atoms with Gasteiger partial charge in [0.2, 0.25) is 0 Å². The Morgan fingerprint density at radius 3 is 2.00 bits per heavy atom. The molecule has 3 nitrogen and oxygen atoms in total. The van der Waals surface area contributed by atoms with Crippen molar-refractivity contribution < 1.29 is 13.2 Å². The zero-order chi connectivity index (χ0) is 22.3.